The molecule has 8 heteroatoms. The van der Waals surface area contributed by atoms with Crippen LogP contribution in [0.15, 0.2) is 0 Å². The van der Waals surface area contributed by atoms with Gasteiger partial charge in [-0.1, -0.05) is 0 Å². The standard InChI is InChI=1S/C11H16N6O2/c1-5-9(16-12)13-7(3)14-10(5)17-4-8(18)15-11(19)6(17)2/h6H,4,12H2,1-3H3,(H,13,14,16)(H,15,18,19). The van der Waals surface area contributed by atoms with Gasteiger partial charge in [0.15, 0.2) is 0 Å². The summed E-state index contributed by atoms with van der Waals surface area (Å²) in [5, 5.41) is 2.29. The Morgan fingerprint density at radius 2 is 2.05 bits per heavy atom. The van der Waals surface area contributed by atoms with E-state index in [0.29, 0.717) is 23.0 Å². The Morgan fingerprint density at radius 1 is 1.37 bits per heavy atom. The summed E-state index contributed by atoms with van der Waals surface area (Å²) in [6, 6.07) is -0.476. The Kier molecular flexibility index (Phi) is 3.34. The molecule has 102 valence electrons. The van der Waals surface area contributed by atoms with Crippen LogP contribution < -0.4 is 21.5 Å². The summed E-state index contributed by atoms with van der Waals surface area (Å²) >= 11 is 0. The van der Waals surface area contributed by atoms with Crippen LogP contribution in [0.1, 0.15) is 18.3 Å². The topological polar surface area (TPSA) is 113 Å². The third-order valence-corrected chi connectivity index (χ3v) is 3.06. The Balaban J connectivity index is 2.48. The number of rotatable bonds is 2. The maximum absolute atomic E-state index is 11.7. The predicted octanol–water partition coefficient (Wildman–Crippen LogP) is -0.770. The minimum Gasteiger partial charge on any atom is -0.335 e. The van der Waals surface area contributed by atoms with Gasteiger partial charge in [0.25, 0.3) is 0 Å². The number of hydrogen-bond acceptors (Lipinski definition) is 7. The van der Waals surface area contributed by atoms with Crippen LogP contribution in [0.3, 0.4) is 0 Å². The second-order valence-electron chi connectivity index (χ2n) is 4.43. The second-order valence-corrected chi connectivity index (χ2v) is 4.43. The van der Waals surface area contributed by atoms with Gasteiger partial charge < -0.3 is 10.3 Å². The van der Waals surface area contributed by atoms with E-state index in [9.17, 15) is 9.59 Å². The first-order valence-electron chi connectivity index (χ1n) is 5.86. The zero-order chi connectivity index (χ0) is 14.2. The number of nitrogen functional groups attached to an aromatic ring is 1. The van der Waals surface area contributed by atoms with Gasteiger partial charge in [0, 0.05) is 5.56 Å². The fraction of sp³-hybridized carbons (Fsp3) is 0.455. The van der Waals surface area contributed by atoms with Crippen LogP contribution in [-0.4, -0.2) is 34.4 Å². The quantitative estimate of drug-likeness (QED) is 0.365. The van der Waals surface area contributed by atoms with E-state index >= 15 is 0 Å². The minimum absolute atomic E-state index is 0.0776. The SMILES string of the molecule is Cc1nc(NN)c(C)c(N2CC(=O)NC(=O)C2C)n1. The molecule has 1 fully saturated rings. The summed E-state index contributed by atoms with van der Waals surface area (Å²) in [4.78, 5) is 33.3. The summed E-state index contributed by atoms with van der Waals surface area (Å²) in [6.45, 7) is 5.30. The molecular formula is C11H16N6O2. The van der Waals surface area contributed by atoms with Crippen molar-refractivity contribution in [1.29, 1.82) is 0 Å². The largest absolute Gasteiger partial charge is 0.335 e. The van der Waals surface area contributed by atoms with Crippen molar-refractivity contribution < 1.29 is 9.59 Å². The molecular weight excluding hydrogens is 248 g/mol. The first-order chi connectivity index (χ1) is 8.93. The van der Waals surface area contributed by atoms with E-state index in [1.54, 1.807) is 25.7 Å². The zero-order valence-electron chi connectivity index (χ0n) is 11.0. The van der Waals surface area contributed by atoms with E-state index in [0.717, 1.165) is 0 Å². The van der Waals surface area contributed by atoms with Gasteiger partial charge in [0.2, 0.25) is 11.8 Å². The molecule has 0 bridgehead atoms. The van der Waals surface area contributed by atoms with Gasteiger partial charge in [-0.25, -0.2) is 15.8 Å². The van der Waals surface area contributed by atoms with Crippen molar-refractivity contribution in [3.63, 3.8) is 0 Å². The van der Waals surface area contributed by atoms with Crippen molar-refractivity contribution >= 4 is 23.5 Å². The number of aromatic nitrogens is 2. The van der Waals surface area contributed by atoms with Crippen molar-refractivity contribution in [2.45, 2.75) is 26.8 Å². The van der Waals surface area contributed by atoms with Gasteiger partial charge in [0.1, 0.15) is 23.5 Å². The molecule has 1 aliphatic rings. The first kappa shape index (κ1) is 13.2. The maximum Gasteiger partial charge on any atom is 0.249 e. The van der Waals surface area contributed by atoms with Crippen LogP contribution in [-0.2, 0) is 9.59 Å². The van der Waals surface area contributed by atoms with Crippen LogP contribution in [0.5, 0.6) is 0 Å². The molecule has 0 saturated carbocycles. The predicted molar refractivity (Wildman–Crippen MR) is 69.3 cm³/mol. The van der Waals surface area contributed by atoms with Crippen LogP contribution in [0, 0.1) is 13.8 Å². The fourth-order valence-corrected chi connectivity index (χ4v) is 2.01. The third kappa shape index (κ3) is 2.34. The monoisotopic (exact) mass is 264 g/mol. The zero-order valence-corrected chi connectivity index (χ0v) is 11.0. The van der Waals surface area contributed by atoms with Crippen LogP contribution in [0.4, 0.5) is 11.6 Å². The summed E-state index contributed by atoms with van der Waals surface area (Å²) in [5.74, 6) is 6.25. The van der Waals surface area contributed by atoms with Gasteiger partial charge in [0.05, 0.1) is 6.54 Å². The molecule has 0 aromatic carbocycles. The molecule has 0 aliphatic carbocycles. The van der Waals surface area contributed by atoms with Gasteiger partial charge in [-0.2, -0.15) is 0 Å². The van der Waals surface area contributed by atoms with E-state index < -0.39 is 6.04 Å². The molecule has 1 atom stereocenters. The van der Waals surface area contributed by atoms with Crippen LogP contribution in [0.2, 0.25) is 0 Å². The highest BCUT2D eigenvalue weighted by molar-refractivity contribution is 6.04. The maximum atomic E-state index is 11.7. The molecule has 0 radical (unpaired) electrons. The number of nitrogens with one attached hydrogen (secondary N) is 2. The highest BCUT2D eigenvalue weighted by Crippen LogP contribution is 2.25. The van der Waals surface area contributed by atoms with E-state index in [-0.39, 0.29) is 18.4 Å². The molecule has 1 saturated heterocycles. The molecule has 2 heterocycles. The number of amides is 2. The fourth-order valence-electron chi connectivity index (χ4n) is 2.01. The number of hydrogen-bond donors (Lipinski definition) is 3. The van der Waals surface area contributed by atoms with E-state index in [1.807, 2.05) is 0 Å². The average molecular weight is 264 g/mol. The summed E-state index contributed by atoms with van der Waals surface area (Å²) in [7, 11) is 0. The molecule has 2 amide bonds. The molecule has 1 unspecified atom stereocenters. The van der Waals surface area contributed by atoms with Crippen LogP contribution in [0.25, 0.3) is 0 Å². The summed E-state index contributed by atoms with van der Waals surface area (Å²) in [6.07, 6.45) is 0. The second kappa shape index (κ2) is 4.81. The smallest absolute Gasteiger partial charge is 0.249 e. The number of carbonyl (C=O) groups is 2. The molecule has 2 rings (SSSR count). The Hall–Kier alpha value is -2.22. The van der Waals surface area contributed by atoms with E-state index in [4.69, 9.17) is 5.84 Å². The van der Waals surface area contributed by atoms with Crippen molar-refractivity contribution in [2.75, 3.05) is 16.9 Å². The number of carbonyl (C=O) groups excluding carboxylic acids is 2. The average Bonchev–Trinajstić information content (AvgIpc) is 2.36. The number of nitrogens with zero attached hydrogens (tertiary/aromatic N) is 3. The molecule has 19 heavy (non-hydrogen) atoms. The van der Waals surface area contributed by atoms with E-state index in [2.05, 4.69) is 20.7 Å². The Bertz CT molecular complexity index is 544. The van der Waals surface area contributed by atoms with Crippen molar-refractivity contribution in [3.8, 4) is 0 Å². The Morgan fingerprint density at radius 3 is 2.68 bits per heavy atom. The lowest BCUT2D eigenvalue weighted by Crippen LogP contribution is -2.57. The van der Waals surface area contributed by atoms with Crippen molar-refractivity contribution in [3.05, 3.63) is 11.4 Å². The van der Waals surface area contributed by atoms with Crippen molar-refractivity contribution in [2.24, 2.45) is 5.84 Å². The molecule has 1 aliphatic heterocycles. The summed E-state index contributed by atoms with van der Waals surface area (Å²) < 4.78 is 0. The first-order valence-corrected chi connectivity index (χ1v) is 5.86. The van der Waals surface area contributed by atoms with Gasteiger partial charge in [-0.05, 0) is 20.8 Å². The number of hydrazine groups is 1. The number of imide groups is 1. The number of aryl methyl sites for hydroxylation is 1. The molecule has 4 N–H and O–H groups in total. The number of nitrogens with two attached hydrogens (primary N) is 1. The van der Waals surface area contributed by atoms with Crippen LogP contribution >= 0.6 is 0 Å². The molecule has 1 aromatic heterocycles. The summed E-state index contributed by atoms with van der Waals surface area (Å²) in [5.41, 5.74) is 3.19. The number of anilines is 2. The highest BCUT2D eigenvalue weighted by Gasteiger charge is 2.32. The van der Waals surface area contributed by atoms with Gasteiger partial charge in [-0.15, -0.1) is 0 Å². The number of piperazine rings is 1. The lowest BCUT2D eigenvalue weighted by Gasteiger charge is -2.33. The Labute approximate surface area is 110 Å². The molecule has 8 nitrogen and oxygen atoms in total. The van der Waals surface area contributed by atoms with Crippen molar-refractivity contribution in [1.82, 2.24) is 15.3 Å². The highest BCUT2D eigenvalue weighted by atomic mass is 16.2. The minimum atomic E-state index is -0.476. The molecule has 1 aromatic rings. The lowest BCUT2D eigenvalue weighted by atomic mass is 10.1. The van der Waals surface area contributed by atoms with Gasteiger partial charge in [-0.3, -0.25) is 14.9 Å². The molecule has 0 spiro atoms. The van der Waals surface area contributed by atoms with E-state index in [1.165, 1.54) is 0 Å². The third-order valence-electron chi connectivity index (χ3n) is 3.06. The van der Waals surface area contributed by atoms with Gasteiger partial charge >= 0.3 is 0 Å². The lowest BCUT2D eigenvalue weighted by molar-refractivity contribution is -0.132. The normalized spacial score (nSPS) is 19.4.